The predicted octanol–water partition coefficient (Wildman–Crippen LogP) is 2.41. The summed E-state index contributed by atoms with van der Waals surface area (Å²) in [5.74, 6) is 0.350. The molecule has 1 aliphatic heterocycles. The maximum Gasteiger partial charge on any atom is 0.276 e. The first-order valence-electron chi connectivity index (χ1n) is 10.6. The standard InChI is InChI=1S/C24H26N4O4/c29-23-11-10-22(26-28(23)14-17-32-20-7-2-1-3-8-20)24(30)25-21-9-5-4-6-19(21)18-27-12-15-31-16-13-27/h1-11H,12-18H2,(H,25,30). The van der Waals surface area contributed by atoms with Crippen LogP contribution in [0.15, 0.2) is 71.5 Å². The van der Waals surface area contributed by atoms with Crippen molar-refractivity contribution in [2.24, 2.45) is 0 Å². The molecule has 2 aromatic carbocycles. The largest absolute Gasteiger partial charge is 0.492 e. The normalized spacial score (nSPS) is 14.1. The number of carbonyl (C=O) groups excluding carboxylic acids is 1. The van der Waals surface area contributed by atoms with E-state index in [1.54, 1.807) is 0 Å². The third kappa shape index (κ3) is 5.81. The first kappa shape index (κ1) is 21.7. The Hall–Kier alpha value is -3.49. The summed E-state index contributed by atoms with van der Waals surface area (Å²) in [4.78, 5) is 27.3. The lowest BCUT2D eigenvalue weighted by molar-refractivity contribution is 0.0342. The van der Waals surface area contributed by atoms with Gasteiger partial charge in [0.2, 0.25) is 0 Å². The maximum absolute atomic E-state index is 12.9. The molecule has 0 saturated carbocycles. The van der Waals surface area contributed by atoms with E-state index in [1.807, 2.05) is 54.6 Å². The van der Waals surface area contributed by atoms with Crippen molar-refractivity contribution in [3.63, 3.8) is 0 Å². The molecule has 1 aromatic heterocycles. The van der Waals surface area contributed by atoms with E-state index < -0.39 is 0 Å². The number of ether oxygens (including phenoxy) is 2. The van der Waals surface area contributed by atoms with Crippen molar-refractivity contribution in [3.05, 3.63) is 88.3 Å². The number of nitrogens with zero attached hydrogens (tertiary/aromatic N) is 3. The van der Waals surface area contributed by atoms with Crippen molar-refractivity contribution in [2.45, 2.75) is 13.1 Å². The third-order valence-corrected chi connectivity index (χ3v) is 5.18. The summed E-state index contributed by atoms with van der Waals surface area (Å²) in [6, 6.07) is 19.8. The lowest BCUT2D eigenvalue weighted by atomic mass is 10.1. The number of para-hydroxylation sites is 2. The minimum atomic E-state index is -0.364. The van der Waals surface area contributed by atoms with Crippen molar-refractivity contribution in [2.75, 3.05) is 38.2 Å². The second-order valence-corrected chi connectivity index (χ2v) is 7.44. The summed E-state index contributed by atoms with van der Waals surface area (Å²) in [6.07, 6.45) is 0. The van der Waals surface area contributed by atoms with Gasteiger partial charge in [0.25, 0.3) is 11.5 Å². The van der Waals surface area contributed by atoms with Crippen LogP contribution in [0.4, 0.5) is 5.69 Å². The molecule has 1 N–H and O–H groups in total. The highest BCUT2D eigenvalue weighted by Crippen LogP contribution is 2.18. The molecule has 8 nitrogen and oxygen atoms in total. The van der Waals surface area contributed by atoms with Crippen LogP contribution in [0.3, 0.4) is 0 Å². The summed E-state index contributed by atoms with van der Waals surface area (Å²) in [7, 11) is 0. The van der Waals surface area contributed by atoms with Gasteiger partial charge in [-0.25, -0.2) is 4.68 Å². The van der Waals surface area contributed by atoms with Crippen LogP contribution in [0.25, 0.3) is 0 Å². The maximum atomic E-state index is 12.9. The van der Waals surface area contributed by atoms with Gasteiger partial charge in [-0.3, -0.25) is 14.5 Å². The Bertz CT molecular complexity index is 1090. The van der Waals surface area contributed by atoms with Crippen LogP contribution in [-0.2, 0) is 17.8 Å². The number of morpholine rings is 1. The van der Waals surface area contributed by atoms with Crippen LogP contribution in [0.5, 0.6) is 5.75 Å². The van der Waals surface area contributed by atoms with E-state index in [-0.39, 0.29) is 30.3 Å². The van der Waals surface area contributed by atoms with E-state index in [1.165, 1.54) is 16.8 Å². The van der Waals surface area contributed by atoms with Gasteiger partial charge in [-0.15, -0.1) is 0 Å². The minimum absolute atomic E-state index is 0.172. The highest BCUT2D eigenvalue weighted by Gasteiger charge is 2.15. The quantitative estimate of drug-likeness (QED) is 0.586. The van der Waals surface area contributed by atoms with E-state index in [0.29, 0.717) is 19.0 Å². The van der Waals surface area contributed by atoms with Gasteiger partial charge < -0.3 is 14.8 Å². The lowest BCUT2D eigenvalue weighted by Gasteiger charge is -2.27. The molecular weight excluding hydrogens is 408 g/mol. The molecule has 32 heavy (non-hydrogen) atoms. The monoisotopic (exact) mass is 434 g/mol. The Kier molecular flexibility index (Phi) is 7.27. The molecule has 1 amide bonds. The Morgan fingerprint density at radius 1 is 1.00 bits per heavy atom. The highest BCUT2D eigenvalue weighted by molar-refractivity contribution is 6.03. The van der Waals surface area contributed by atoms with Crippen LogP contribution < -0.4 is 15.6 Å². The number of carbonyl (C=O) groups is 1. The molecule has 0 radical (unpaired) electrons. The lowest BCUT2D eigenvalue weighted by Crippen LogP contribution is -2.35. The van der Waals surface area contributed by atoms with Gasteiger partial charge >= 0.3 is 0 Å². The minimum Gasteiger partial charge on any atom is -0.492 e. The van der Waals surface area contributed by atoms with Crippen molar-refractivity contribution in [3.8, 4) is 5.75 Å². The topological polar surface area (TPSA) is 85.7 Å². The van der Waals surface area contributed by atoms with Gasteiger partial charge in [0.15, 0.2) is 0 Å². The Labute approximate surface area is 186 Å². The summed E-state index contributed by atoms with van der Waals surface area (Å²) < 4.78 is 12.3. The van der Waals surface area contributed by atoms with Crippen LogP contribution in [-0.4, -0.2) is 53.5 Å². The predicted molar refractivity (Wildman–Crippen MR) is 121 cm³/mol. The first-order chi connectivity index (χ1) is 15.7. The number of benzene rings is 2. The zero-order valence-electron chi connectivity index (χ0n) is 17.8. The van der Waals surface area contributed by atoms with Crippen LogP contribution >= 0.6 is 0 Å². The van der Waals surface area contributed by atoms with E-state index in [4.69, 9.17) is 9.47 Å². The van der Waals surface area contributed by atoms with Crippen molar-refractivity contribution in [1.29, 1.82) is 0 Å². The smallest absolute Gasteiger partial charge is 0.276 e. The summed E-state index contributed by atoms with van der Waals surface area (Å²) in [5.41, 5.74) is 1.64. The van der Waals surface area contributed by atoms with Crippen LogP contribution in [0, 0.1) is 0 Å². The van der Waals surface area contributed by atoms with E-state index in [0.717, 1.165) is 30.9 Å². The molecule has 0 unspecified atom stereocenters. The fraction of sp³-hybridized carbons (Fsp3) is 0.292. The summed E-state index contributed by atoms with van der Waals surface area (Å²) in [5, 5.41) is 7.17. The molecule has 3 aromatic rings. The molecular formula is C24H26N4O4. The molecule has 0 atom stereocenters. The average Bonchev–Trinajstić information content (AvgIpc) is 2.83. The van der Waals surface area contributed by atoms with Crippen molar-refractivity contribution >= 4 is 11.6 Å². The molecule has 0 spiro atoms. The van der Waals surface area contributed by atoms with E-state index >= 15 is 0 Å². The Balaban J connectivity index is 1.41. The highest BCUT2D eigenvalue weighted by atomic mass is 16.5. The fourth-order valence-corrected chi connectivity index (χ4v) is 3.46. The molecule has 2 heterocycles. The molecule has 0 bridgehead atoms. The number of nitrogens with one attached hydrogen (secondary N) is 1. The number of anilines is 1. The van der Waals surface area contributed by atoms with Crippen LogP contribution in [0.1, 0.15) is 16.1 Å². The fourth-order valence-electron chi connectivity index (χ4n) is 3.46. The van der Waals surface area contributed by atoms with Gasteiger partial charge in [-0.1, -0.05) is 36.4 Å². The first-order valence-corrected chi connectivity index (χ1v) is 10.6. The van der Waals surface area contributed by atoms with Gasteiger partial charge in [0.1, 0.15) is 18.1 Å². The number of rotatable bonds is 8. The van der Waals surface area contributed by atoms with Crippen LogP contribution in [0.2, 0.25) is 0 Å². The number of hydrogen-bond acceptors (Lipinski definition) is 6. The number of amides is 1. The van der Waals surface area contributed by atoms with Gasteiger partial charge in [0.05, 0.1) is 19.8 Å². The average molecular weight is 434 g/mol. The second kappa shape index (κ2) is 10.7. The van der Waals surface area contributed by atoms with Gasteiger partial charge in [0, 0.05) is 31.4 Å². The Morgan fingerprint density at radius 3 is 2.56 bits per heavy atom. The van der Waals surface area contributed by atoms with Gasteiger partial charge in [-0.05, 0) is 29.8 Å². The van der Waals surface area contributed by atoms with E-state index in [2.05, 4.69) is 15.3 Å². The SMILES string of the molecule is O=C(Nc1ccccc1CN1CCOCC1)c1ccc(=O)n(CCOc2ccccc2)n1. The number of aromatic nitrogens is 2. The summed E-state index contributed by atoms with van der Waals surface area (Å²) in [6.45, 7) is 4.39. The zero-order chi connectivity index (χ0) is 22.2. The summed E-state index contributed by atoms with van der Waals surface area (Å²) >= 11 is 0. The molecule has 1 fully saturated rings. The molecule has 0 aliphatic carbocycles. The third-order valence-electron chi connectivity index (χ3n) is 5.18. The molecule has 166 valence electrons. The van der Waals surface area contributed by atoms with E-state index in [9.17, 15) is 9.59 Å². The Morgan fingerprint density at radius 2 is 1.75 bits per heavy atom. The molecule has 4 rings (SSSR count). The molecule has 1 aliphatic rings. The second-order valence-electron chi connectivity index (χ2n) is 7.44. The molecule has 1 saturated heterocycles. The molecule has 8 heteroatoms. The van der Waals surface area contributed by atoms with Gasteiger partial charge in [-0.2, -0.15) is 5.10 Å². The van der Waals surface area contributed by atoms with Crippen molar-refractivity contribution in [1.82, 2.24) is 14.7 Å². The van der Waals surface area contributed by atoms with Crippen molar-refractivity contribution < 1.29 is 14.3 Å². The number of hydrogen-bond donors (Lipinski definition) is 1. The zero-order valence-corrected chi connectivity index (χ0v) is 17.8.